The van der Waals surface area contributed by atoms with Crippen LogP contribution in [-0.4, -0.2) is 40.9 Å². The molecule has 0 bridgehead atoms. The summed E-state index contributed by atoms with van der Waals surface area (Å²) in [7, 11) is 2.00. The molecule has 1 aromatic rings. The first-order valence-electron chi connectivity index (χ1n) is 6.52. The highest BCUT2D eigenvalue weighted by Gasteiger charge is 2.08. The minimum absolute atomic E-state index is 0.923. The van der Waals surface area contributed by atoms with Crippen LogP contribution in [0.5, 0.6) is 0 Å². The van der Waals surface area contributed by atoms with Gasteiger partial charge in [0.2, 0.25) is 0 Å². The normalized spacial score (nSPS) is 11.4. The summed E-state index contributed by atoms with van der Waals surface area (Å²) in [6, 6.07) is 0. The van der Waals surface area contributed by atoms with E-state index in [4.69, 9.17) is 0 Å². The zero-order valence-electron chi connectivity index (χ0n) is 11.9. The number of aromatic nitrogens is 2. The summed E-state index contributed by atoms with van der Waals surface area (Å²) in [4.78, 5) is 2.43. The summed E-state index contributed by atoms with van der Waals surface area (Å²) >= 11 is 0. The molecular weight excluding hydrogens is 212 g/mol. The van der Waals surface area contributed by atoms with Crippen molar-refractivity contribution in [1.29, 1.82) is 0 Å². The highest BCUT2D eigenvalue weighted by atomic mass is 15.3. The van der Waals surface area contributed by atoms with Crippen LogP contribution >= 0.6 is 0 Å². The molecule has 0 amide bonds. The minimum atomic E-state index is 0.923. The largest absolute Gasteiger partial charge is 0.311 e. The molecule has 1 N–H and O–H groups in total. The van der Waals surface area contributed by atoms with E-state index in [1.54, 1.807) is 0 Å². The van der Waals surface area contributed by atoms with Crippen LogP contribution in [0.3, 0.4) is 0 Å². The molecule has 0 aliphatic heterocycles. The first-order valence-corrected chi connectivity index (χ1v) is 6.52. The maximum absolute atomic E-state index is 4.42. The lowest BCUT2D eigenvalue weighted by molar-refractivity contribution is 0.302. The molecule has 1 aromatic heterocycles. The van der Waals surface area contributed by atoms with Crippen molar-refractivity contribution in [3.05, 3.63) is 17.0 Å². The fourth-order valence-corrected chi connectivity index (χ4v) is 2.06. The van der Waals surface area contributed by atoms with E-state index in [0.717, 1.165) is 38.4 Å². The molecule has 1 rings (SSSR count). The maximum Gasteiger partial charge on any atom is 0.0641 e. The number of rotatable bonds is 7. The van der Waals surface area contributed by atoms with Crippen molar-refractivity contribution in [1.82, 2.24) is 20.0 Å². The third-order valence-electron chi connectivity index (χ3n) is 3.46. The highest BCUT2D eigenvalue weighted by Crippen LogP contribution is 2.10. The summed E-state index contributed by atoms with van der Waals surface area (Å²) in [6.07, 6.45) is 0. The molecule has 4 heteroatoms. The van der Waals surface area contributed by atoms with Crippen molar-refractivity contribution in [2.45, 2.75) is 34.2 Å². The Labute approximate surface area is 105 Å². The fourth-order valence-electron chi connectivity index (χ4n) is 2.06. The van der Waals surface area contributed by atoms with Gasteiger partial charge >= 0.3 is 0 Å². The molecule has 1 heterocycles. The smallest absolute Gasteiger partial charge is 0.0641 e. The molecule has 4 nitrogen and oxygen atoms in total. The molecule has 0 saturated heterocycles. The van der Waals surface area contributed by atoms with E-state index in [0.29, 0.717) is 0 Å². The Morgan fingerprint density at radius 2 is 1.88 bits per heavy atom. The monoisotopic (exact) mass is 238 g/mol. The van der Waals surface area contributed by atoms with Gasteiger partial charge in [0.25, 0.3) is 0 Å². The second kappa shape index (κ2) is 6.77. The summed E-state index contributed by atoms with van der Waals surface area (Å²) in [5, 5.41) is 7.92. The first kappa shape index (κ1) is 14.2. The molecular formula is C13H26N4. The molecule has 0 radical (unpaired) electrons. The summed E-state index contributed by atoms with van der Waals surface area (Å²) in [5.74, 6) is 0. The number of nitrogens with one attached hydrogen (secondary N) is 1. The Kier molecular flexibility index (Phi) is 5.65. The van der Waals surface area contributed by atoms with Crippen molar-refractivity contribution in [3.8, 4) is 0 Å². The molecule has 0 aromatic carbocycles. The molecule has 17 heavy (non-hydrogen) atoms. The quantitative estimate of drug-likeness (QED) is 0.730. The van der Waals surface area contributed by atoms with Crippen LogP contribution in [0.25, 0.3) is 0 Å². The van der Waals surface area contributed by atoms with E-state index in [2.05, 4.69) is 43.0 Å². The molecule has 0 fully saturated rings. The van der Waals surface area contributed by atoms with E-state index in [1.165, 1.54) is 11.3 Å². The molecule has 0 aliphatic carbocycles. The topological polar surface area (TPSA) is 33.1 Å². The number of hydrogen-bond donors (Lipinski definition) is 1. The predicted molar refractivity (Wildman–Crippen MR) is 72.2 cm³/mol. The Morgan fingerprint density at radius 1 is 1.24 bits per heavy atom. The zero-order chi connectivity index (χ0) is 12.8. The average molecular weight is 238 g/mol. The third-order valence-corrected chi connectivity index (χ3v) is 3.46. The lowest BCUT2D eigenvalue weighted by Crippen LogP contribution is -2.31. The van der Waals surface area contributed by atoms with Crippen LogP contribution in [0.4, 0.5) is 0 Å². The number of hydrogen-bond acceptors (Lipinski definition) is 3. The van der Waals surface area contributed by atoms with Gasteiger partial charge in [0, 0.05) is 37.9 Å². The van der Waals surface area contributed by atoms with E-state index in [9.17, 15) is 0 Å². The highest BCUT2D eigenvalue weighted by molar-refractivity contribution is 5.23. The number of aryl methyl sites for hydroxylation is 2. The van der Waals surface area contributed by atoms with Crippen LogP contribution in [0.1, 0.15) is 30.8 Å². The van der Waals surface area contributed by atoms with Gasteiger partial charge in [-0.3, -0.25) is 4.68 Å². The van der Waals surface area contributed by atoms with Crippen molar-refractivity contribution < 1.29 is 0 Å². The molecule has 0 unspecified atom stereocenters. The van der Waals surface area contributed by atoms with Crippen molar-refractivity contribution in [2.75, 3.05) is 26.2 Å². The third kappa shape index (κ3) is 3.82. The lowest BCUT2D eigenvalue weighted by atomic mass is 10.2. The standard InChI is InChI=1S/C13H26N4/c1-6-17(7-2)9-8-14-10-13-11(3)15-16(5)12(13)4/h14H,6-10H2,1-5H3. The van der Waals surface area contributed by atoms with Gasteiger partial charge < -0.3 is 10.2 Å². The lowest BCUT2D eigenvalue weighted by Gasteiger charge is -2.18. The predicted octanol–water partition coefficient (Wildman–Crippen LogP) is 1.47. The van der Waals surface area contributed by atoms with Crippen LogP contribution in [0.15, 0.2) is 0 Å². The Balaban J connectivity index is 2.36. The SMILES string of the molecule is CCN(CC)CCNCc1c(C)nn(C)c1C. The van der Waals surface area contributed by atoms with Crippen LogP contribution in [0, 0.1) is 13.8 Å². The summed E-state index contributed by atoms with van der Waals surface area (Å²) in [6.45, 7) is 14.0. The Bertz CT molecular complexity index is 339. The average Bonchev–Trinajstić information content (AvgIpc) is 2.55. The van der Waals surface area contributed by atoms with Gasteiger partial charge in [-0.2, -0.15) is 5.10 Å². The molecule has 0 atom stereocenters. The second-order valence-corrected chi connectivity index (χ2v) is 4.48. The van der Waals surface area contributed by atoms with E-state index in [-0.39, 0.29) is 0 Å². The van der Waals surface area contributed by atoms with Gasteiger partial charge in [-0.05, 0) is 26.9 Å². The van der Waals surface area contributed by atoms with Gasteiger partial charge in [0.1, 0.15) is 0 Å². The van der Waals surface area contributed by atoms with Gasteiger partial charge in [-0.15, -0.1) is 0 Å². The van der Waals surface area contributed by atoms with Crippen LogP contribution < -0.4 is 5.32 Å². The zero-order valence-corrected chi connectivity index (χ0v) is 11.9. The molecule has 98 valence electrons. The van der Waals surface area contributed by atoms with E-state index >= 15 is 0 Å². The first-order chi connectivity index (χ1) is 8.10. The Morgan fingerprint density at radius 3 is 2.35 bits per heavy atom. The van der Waals surface area contributed by atoms with Gasteiger partial charge in [-0.1, -0.05) is 13.8 Å². The van der Waals surface area contributed by atoms with E-state index < -0.39 is 0 Å². The van der Waals surface area contributed by atoms with Crippen molar-refractivity contribution in [2.24, 2.45) is 7.05 Å². The molecule has 0 spiro atoms. The van der Waals surface area contributed by atoms with Gasteiger partial charge in [-0.25, -0.2) is 0 Å². The van der Waals surface area contributed by atoms with Crippen molar-refractivity contribution >= 4 is 0 Å². The van der Waals surface area contributed by atoms with Gasteiger partial charge in [0.15, 0.2) is 0 Å². The van der Waals surface area contributed by atoms with Crippen molar-refractivity contribution in [3.63, 3.8) is 0 Å². The van der Waals surface area contributed by atoms with Crippen LogP contribution in [0.2, 0.25) is 0 Å². The maximum atomic E-state index is 4.42. The van der Waals surface area contributed by atoms with Gasteiger partial charge in [0.05, 0.1) is 5.69 Å². The number of likely N-dealkylation sites (N-methyl/N-ethyl adjacent to an activating group) is 1. The van der Waals surface area contributed by atoms with Crippen LogP contribution in [-0.2, 0) is 13.6 Å². The fraction of sp³-hybridized carbons (Fsp3) is 0.769. The Hall–Kier alpha value is -0.870. The molecule has 0 saturated carbocycles. The molecule has 0 aliphatic rings. The van der Waals surface area contributed by atoms with E-state index in [1.807, 2.05) is 11.7 Å². The second-order valence-electron chi connectivity index (χ2n) is 4.48. The minimum Gasteiger partial charge on any atom is -0.311 e. The summed E-state index contributed by atoms with van der Waals surface area (Å²) < 4.78 is 1.96. The number of nitrogens with zero attached hydrogens (tertiary/aromatic N) is 3. The summed E-state index contributed by atoms with van der Waals surface area (Å²) in [5.41, 5.74) is 3.74.